The van der Waals surface area contributed by atoms with Crippen LogP contribution in [0.5, 0.6) is 0 Å². The van der Waals surface area contributed by atoms with Gasteiger partial charge in [0.2, 0.25) is 0 Å². The molecular weight excluding hydrogens is 156 g/mol. The van der Waals surface area contributed by atoms with Crippen LogP contribution >= 0.6 is 0 Å². The Bertz CT molecular complexity index is 208. The molecular formula is C13H24. The molecule has 0 aromatic heterocycles. The maximum Gasteiger partial charge on any atom is -0.0297 e. The van der Waals surface area contributed by atoms with Crippen molar-refractivity contribution in [3.63, 3.8) is 0 Å². The van der Waals surface area contributed by atoms with Gasteiger partial charge in [-0.3, -0.25) is 0 Å². The summed E-state index contributed by atoms with van der Waals surface area (Å²) in [4.78, 5) is 0. The van der Waals surface area contributed by atoms with Gasteiger partial charge in [0.25, 0.3) is 0 Å². The molecule has 2 aliphatic carbocycles. The molecule has 0 aliphatic heterocycles. The van der Waals surface area contributed by atoms with Crippen LogP contribution in [0.3, 0.4) is 0 Å². The zero-order valence-corrected chi connectivity index (χ0v) is 9.80. The molecule has 0 saturated heterocycles. The minimum atomic E-state index is 0.644. The van der Waals surface area contributed by atoms with Crippen molar-refractivity contribution < 1.29 is 0 Å². The van der Waals surface area contributed by atoms with E-state index < -0.39 is 0 Å². The molecule has 2 rings (SSSR count). The summed E-state index contributed by atoms with van der Waals surface area (Å²) in [5.74, 6) is 5.12. The van der Waals surface area contributed by atoms with Gasteiger partial charge < -0.3 is 0 Å². The first-order valence-electron chi connectivity index (χ1n) is 6.01. The quantitative estimate of drug-likeness (QED) is 0.573. The molecule has 2 saturated carbocycles. The van der Waals surface area contributed by atoms with Gasteiger partial charge in [-0.1, -0.05) is 41.0 Å². The maximum atomic E-state index is 2.51. The van der Waals surface area contributed by atoms with E-state index in [1.54, 1.807) is 0 Å². The second-order valence-corrected chi connectivity index (χ2v) is 5.99. The number of hydrogen-bond donors (Lipinski definition) is 0. The molecule has 13 heavy (non-hydrogen) atoms. The summed E-state index contributed by atoms with van der Waals surface area (Å²) in [5.41, 5.74) is 0.644. The van der Waals surface area contributed by atoms with E-state index in [1.165, 1.54) is 12.8 Å². The van der Waals surface area contributed by atoms with Crippen molar-refractivity contribution in [3.05, 3.63) is 0 Å². The van der Waals surface area contributed by atoms with E-state index in [2.05, 4.69) is 34.6 Å². The van der Waals surface area contributed by atoms with Crippen molar-refractivity contribution >= 4 is 0 Å². The molecule has 6 unspecified atom stereocenters. The minimum Gasteiger partial charge on any atom is -0.0649 e. The lowest BCUT2D eigenvalue weighted by atomic mass is 9.64. The first-order valence-corrected chi connectivity index (χ1v) is 6.01. The highest BCUT2D eigenvalue weighted by Gasteiger charge is 2.59. The van der Waals surface area contributed by atoms with Gasteiger partial charge in [0, 0.05) is 0 Å². The second kappa shape index (κ2) is 2.74. The highest BCUT2D eigenvalue weighted by Crippen LogP contribution is 2.65. The topological polar surface area (TPSA) is 0 Å². The summed E-state index contributed by atoms with van der Waals surface area (Å²) >= 11 is 0. The first kappa shape index (κ1) is 9.55. The van der Waals surface area contributed by atoms with E-state index in [-0.39, 0.29) is 0 Å². The van der Waals surface area contributed by atoms with Crippen LogP contribution in [-0.4, -0.2) is 0 Å². The normalized spacial score (nSPS) is 60.2. The van der Waals surface area contributed by atoms with Crippen LogP contribution in [0.2, 0.25) is 0 Å². The zero-order valence-electron chi connectivity index (χ0n) is 9.80. The Morgan fingerprint density at radius 1 is 1.15 bits per heavy atom. The van der Waals surface area contributed by atoms with Crippen LogP contribution in [0.1, 0.15) is 47.5 Å². The molecule has 0 radical (unpaired) electrons. The smallest absolute Gasteiger partial charge is 0.0297 e. The Balaban J connectivity index is 2.18. The van der Waals surface area contributed by atoms with Gasteiger partial charge in [0.15, 0.2) is 0 Å². The Morgan fingerprint density at radius 2 is 1.77 bits per heavy atom. The monoisotopic (exact) mass is 180 g/mol. The van der Waals surface area contributed by atoms with Crippen molar-refractivity contribution in [1.82, 2.24) is 0 Å². The van der Waals surface area contributed by atoms with Crippen molar-refractivity contribution in [2.75, 3.05) is 0 Å². The second-order valence-electron chi connectivity index (χ2n) is 5.99. The summed E-state index contributed by atoms with van der Waals surface area (Å²) in [6, 6.07) is 0. The van der Waals surface area contributed by atoms with Crippen LogP contribution < -0.4 is 0 Å². The predicted molar refractivity (Wildman–Crippen MR) is 57.5 cm³/mol. The summed E-state index contributed by atoms with van der Waals surface area (Å²) < 4.78 is 0. The summed E-state index contributed by atoms with van der Waals surface area (Å²) in [7, 11) is 0. The van der Waals surface area contributed by atoms with Gasteiger partial charge in [-0.05, 0) is 41.4 Å². The van der Waals surface area contributed by atoms with Crippen LogP contribution in [0.25, 0.3) is 0 Å². The van der Waals surface area contributed by atoms with Crippen molar-refractivity contribution in [2.45, 2.75) is 47.5 Å². The lowest BCUT2D eigenvalue weighted by molar-refractivity contribution is 0.0794. The Hall–Kier alpha value is 0. The van der Waals surface area contributed by atoms with Crippen LogP contribution in [-0.2, 0) is 0 Å². The SMILES string of the molecule is CCC1(C)CC(C)C2C(C)C2C1C. The van der Waals surface area contributed by atoms with Gasteiger partial charge >= 0.3 is 0 Å². The van der Waals surface area contributed by atoms with Crippen LogP contribution in [0.15, 0.2) is 0 Å². The Labute approximate surface area is 83.1 Å². The van der Waals surface area contributed by atoms with Gasteiger partial charge in [-0.25, -0.2) is 0 Å². The van der Waals surface area contributed by atoms with E-state index in [4.69, 9.17) is 0 Å². The van der Waals surface area contributed by atoms with Gasteiger partial charge in [0.1, 0.15) is 0 Å². The fourth-order valence-corrected chi connectivity index (χ4v) is 4.20. The lowest BCUT2D eigenvalue weighted by Crippen LogP contribution is -2.33. The molecule has 2 fully saturated rings. The van der Waals surface area contributed by atoms with Crippen molar-refractivity contribution in [1.29, 1.82) is 0 Å². The molecule has 0 heteroatoms. The summed E-state index contributed by atoms with van der Waals surface area (Å²) in [5, 5.41) is 0. The Kier molecular flexibility index (Phi) is 2.02. The van der Waals surface area contributed by atoms with Gasteiger partial charge in [-0.2, -0.15) is 0 Å². The van der Waals surface area contributed by atoms with E-state index in [0.717, 1.165) is 29.6 Å². The molecule has 6 atom stereocenters. The summed E-state index contributed by atoms with van der Waals surface area (Å²) in [6.45, 7) is 12.3. The molecule has 76 valence electrons. The zero-order chi connectivity index (χ0) is 9.80. The molecule has 0 aromatic carbocycles. The molecule has 0 aromatic rings. The molecule has 0 amide bonds. The van der Waals surface area contributed by atoms with E-state index in [1.807, 2.05) is 0 Å². The Morgan fingerprint density at radius 3 is 2.31 bits per heavy atom. The van der Waals surface area contributed by atoms with Crippen molar-refractivity contribution in [3.8, 4) is 0 Å². The molecule has 0 N–H and O–H groups in total. The lowest BCUT2D eigenvalue weighted by Gasteiger charge is -2.41. The highest BCUT2D eigenvalue weighted by atomic mass is 14.6. The average molecular weight is 180 g/mol. The fourth-order valence-electron chi connectivity index (χ4n) is 4.20. The number of hydrogen-bond acceptors (Lipinski definition) is 0. The standard InChI is InChI=1S/C13H24/c1-6-13(5)7-8(2)11-9(3)12(11)10(13)4/h8-12H,6-7H2,1-5H3. The van der Waals surface area contributed by atoms with E-state index in [9.17, 15) is 0 Å². The van der Waals surface area contributed by atoms with Crippen molar-refractivity contribution in [2.24, 2.45) is 35.0 Å². The molecule has 0 bridgehead atoms. The van der Waals surface area contributed by atoms with Gasteiger partial charge in [-0.15, -0.1) is 0 Å². The first-order chi connectivity index (χ1) is 6.01. The molecule has 0 nitrogen and oxygen atoms in total. The van der Waals surface area contributed by atoms with Gasteiger partial charge in [0.05, 0.1) is 0 Å². The number of rotatable bonds is 1. The third-order valence-corrected chi connectivity index (χ3v) is 5.45. The predicted octanol–water partition coefficient (Wildman–Crippen LogP) is 3.96. The van der Waals surface area contributed by atoms with Crippen LogP contribution in [0, 0.1) is 35.0 Å². The van der Waals surface area contributed by atoms with E-state index >= 15 is 0 Å². The largest absolute Gasteiger partial charge is 0.0649 e. The van der Waals surface area contributed by atoms with E-state index in [0.29, 0.717) is 5.41 Å². The highest BCUT2D eigenvalue weighted by molar-refractivity contribution is 5.07. The summed E-state index contributed by atoms with van der Waals surface area (Å²) in [6.07, 6.45) is 2.84. The fraction of sp³-hybridized carbons (Fsp3) is 1.00. The number of fused-ring (bicyclic) bond motifs is 1. The maximum absolute atomic E-state index is 2.51. The third kappa shape index (κ3) is 1.17. The minimum absolute atomic E-state index is 0.644. The third-order valence-electron chi connectivity index (χ3n) is 5.45. The average Bonchev–Trinajstić information content (AvgIpc) is 2.74. The molecule has 2 aliphatic rings. The molecule has 0 heterocycles. The molecule has 0 spiro atoms. The van der Waals surface area contributed by atoms with Crippen LogP contribution in [0.4, 0.5) is 0 Å².